The van der Waals surface area contributed by atoms with E-state index in [0.717, 1.165) is 55.6 Å². The number of nitrogens with one attached hydrogen (secondary N) is 4. The summed E-state index contributed by atoms with van der Waals surface area (Å²) < 4.78 is 0. The molecule has 41 heavy (non-hydrogen) atoms. The van der Waals surface area contributed by atoms with E-state index >= 15 is 0 Å². The molecule has 8 rings (SSSR count). The maximum atomic E-state index is 9.52. The SMILES string of the molecule is N#CB1CCC[C@H]1N1NC=C(c2ccc(-c3ccc(-c4cnc(C5CCCN5)[nH]4)c4c3CCC43CCCC3)cc2)N1. The van der Waals surface area contributed by atoms with Gasteiger partial charge in [0.25, 0.3) is 6.71 Å². The lowest BCUT2D eigenvalue weighted by Gasteiger charge is -2.27. The van der Waals surface area contributed by atoms with E-state index in [1.807, 2.05) is 11.3 Å². The Morgan fingerprint density at radius 2 is 1.78 bits per heavy atom. The van der Waals surface area contributed by atoms with Crippen molar-refractivity contribution in [3.8, 4) is 28.4 Å². The summed E-state index contributed by atoms with van der Waals surface area (Å²) in [6, 6.07) is 14.1. The van der Waals surface area contributed by atoms with Crippen molar-refractivity contribution < 1.29 is 0 Å². The van der Waals surface area contributed by atoms with Gasteiger partial charge in [-0.05, 0) is 79.2 Å². The average molecular weight is 544 g/mol. The summed E-state index contributed by atoms with van der Waals surface area (Å²) in [6.07, 6.45) is 17.3. The zero-order valence-electron chi connectivity index (χ0n) is 23.7. The van der Waals surface area contributed by atoms with Crippen LogP contribution >= 0.6 is 0 Å². The summed E-state index contributed by atoms with van der Waals surface area (Å²) in [7, 11) is 0. The minimum atomic E-state index is 0.0751. The number of hydrazine groups is 2. The molecule has 1 aromatic heterocycles. The van der Waals surface area contributed by atoms with Crippen molar-refractivity contribution in [2.75, 3.05) is 6.54 Å². The van der Waals surface area contributed by atoms with E-state index in [-0.39, 0.29) is 12.7 Å². The molecule has 208 valence electrons. The van der Waals surface area contributed by atoms with Crippen LogP contribution in [-0.4, -0.2) is 34.3 Å². The minimum absolute atomic E-state index is 0.0751. The number of rotatable bonds is 5. The van der Waals surface area contributed by atoms with Gasteiger partial charge in [0.05, 0.1) is 23.6 Å². The summed E-state index contributed by atoms with van der Waals surface area (Å²) in [5.74, 6) is 3.78. The van der Waals surface area contributed by atoms with Gasteiger partial charge in [0.15, 0.2) is 0 Å². The molecule has 0 amide bonds. The molecular weight excluding hydrogens is 505 g/mol. The number of hydrogen-bond acceptors (Lipinski definition) is 6. The van der Waals surface area contributed by atoms with Gasteiger partial charge in [0, 0.05) is 29.2 Å². The van der Waals surface area contributed by atoms with Gasteiger partial charge in [0.2, 0.25) is 0 Å². The fourth-order valence-corrected chi connectivity index (χ4v) is 8.50. The number of fused-ring (bicyclic) bond motifs is 2. The van der Waals surface area contributed by atoms with E-state index < -0.39 is 0 Å². The molecule has 5 aliphatic rings. The van der Waals surface area contributed by atoms with Gasteiger partial charge in [-0.25, -0.2) is 10.2 Å². The van der Waals surface area contributed by atoms with Crippen LogP contribution in [0.2, 0.25) is 6.32 Å². The number of H-pyrrole nitrogens is 1. The topological polar surface area (TPSA) is 91.8 Å². The van der Waals surface area contributed by atoms with Crippen molar-refractivity contribution in [3.63, 3.8) is 0 Å². The molecule has 7 nitrogen and oxygen atoms in total. The molecule has 3 aliphatic heterocycles. The number of nitrogens with zero attached hydrogens (tertiary/aromatic N) is 3. The van der Waals surface area contributed by atoms with Gasteiger partial charge in [-0.1, -0.05) is 62.0 Å². The van der Waals surface area contributed by atoms with Crippen LogP contribution in [0.15, 0.2) is 48.8 Å². The summed E-state index contributed by atoms with van der Waals surface area (Å²) in [5.41, 5.74) is 17.7. The molecule has 1 spiro atoms. The van der Waals surface area contributed by atoms with Gasteiger partial charge in [-0.15, -0.1) is 5.12 Å². The maximum absolute atomic E-state index is 9.52. The average Bonchev–Trinajstić information content (AvgIpc) is 3.85. The summed E-state index contributed by atoms with van der Waals surface area (Å²) in [5, 5.41) is 15.1. The number of aromatic amines is 1. The van der Waals surface area contributed by atoms with Crippen molar-refractivity contribution in [3.05, 3.63) is 71.3 Å². The molecule has 0 bridgehead atoms. The van der Waals surface area contributed by atoms with Crippen LogP contribution in [0.4, 0.5) is 0 Å². The first-order valence-corrected chi connectivity index (χ1v) is 15.7. The zero-order chi connectivity index (χ0) is 27.4. The highest BCUT2D eigenvalue weighted by atomic mass is 15.8. The number of imidazole rings is 1. The molecular formula is C33H38BN7. The number of benzene rings is 2. The Morgan fingerprint density at radius 1 is 0.951 bits per heavy atom. The molecule has 1 saturated carbocycles. The molecule has 2 aromatic carbocycles. The lowest BCUT2D eigenvalue weighted by Crippen LogP contribution is -2.51. The third kappa shape index (κ3) is 4.21. The standard InChI is InChI=1S/C33H38BN7/c35-21-34-17-3-6-30(34)41-38-20-28(40-41)23-9-7-22(8-10-23)24-11-12-26(29-19-37-32(39-29)27-5-4-18-36-27)31-25(24)13-16-33(31)14-1-2-15-33/h7-12,19-20,27,30,36,38,40H,1-6,13-18H2,(H,37,39)/t27?,30-/m1/s1. The summed E-state index contributed by atoms with van der Waals surface area (Å²) >= 11 is 0. The zero-order valence-corrected chi connectivity index (χ0v) is 23.7. The smallest absolute Gasteiger partial charge is 0.289 e. The van der Waals surface area contributed by atoms with Crippen LogP contribution in [0.1, 0.15) is 86.3 Å². The highest BCUT2D eigenvalue weighted by Crippen LogP contribution is 2.55. The van der Waals surface area contributed by atoms with Crippen molar-refractivity contribution >= 4 is 12.4 Å². The van der Waals surface area contributed by atoms with Crippen LogP contribution in [0.25, 0.3) is 28.1 Å². The third-order valence-corrected chi connectivity index (χ3v) is 10.6. The molecule has 0 radical (unpaired) electrons. The van der Waals surface area contributed by atoms with Crippen LogP contribution in [0.3, 0.4) is 0 Å². The van der Waals surface area contributed by atoms with Crippen molar-refractivity contribution in [2.24, 2.45) is 0 Å². The summed E-state index contributed by atoms with van der Waals surface area (Å²) in [6.45, 7) is 1.16. The minimum Gasteiger partial charge on any atom is -0.341 e. The van der Waals surface area contributed by atoms with E-state index in [4.69, 9.17) is 4.98 Å². The molecule has 2 saturated heterocycles. The first-order valence-electron chi connectivity index (χ1n) is 15.7. The van der Waals surface area contributed by atoms with Crippen molar-refractivity contribution in [2.45, 2.75) is 87.9 Å². The van der Waals surface area contributed by atoms with Crippen LogP contribution in [0, 0.1) is 11.2 Å². The number of nitriles is 1. The molecule has 2 aliphatic carbocycles. The van der Waals surface area contributed by atoms with E-state index in [1.165, 1.54) is 60.9 Å². The molecule has 4 heterocycles. The van der Waals surface area contributed by atoms with Gasteiger partial charge in [-0.3, -0.25) is 5.43 Å². The van der Waals surface area contributed by atoms with Gasteiger partial charge < -0.3 is 15.7 Å². The van der Waals surface area contributed by atoms with E-state index in [2.05, 4.69) is 69.7 Å². The Labute approximate surface area is 242 Å². The normalized spacial score (nSPS) is 24.9. The monoisotopic (exact) mass is 543 g/mol. The van der Waals surface area contributed by atoms with Crippen LogP contribution in [0.5, 0.6) is 0 Å². The Morgan fingerprint density at radius 3 is 2.59 bits per heavy atom. The van der Waals surface area contributed by atoms with Gasteiger partial charge >= 0.3 is 0 Å². The molecule has 3 fully saturated rings. The van der Waals surface area contributed by atoms with Crippen LogP contribution in [-0.2, 0) is 11.8 Å². The lowest BCUT2D eigenvalue weighted by atomic mass is 9.47. The quantitative estimate of drug-likeness (QED) is 0.304. The largest absolute Gasteiger partial charge is 0.341 e. The molecule has 1 unspecified atom stereocenters. The van der Waals surface area contributed by atoms with Gasteiger partial charge in [0.1, 0.15) is 5.82 Å². The van der Waals surface area contributed by atoms with Crippen LogP contribution < -0.4 is 16.2 Å². The molecule has 2 atom stereocenters. The Bertz CT molecular complexity index is 1520. The number of aromatic nitrogens is 2. The fraction of sp³-hybridized carbons (Fsp3) is 0.455. The Balaban J connectivity index is 1.09. The second-order valence-electron chi connectivity index (χ2n) is 12.8. The fourth-order valence-electron chi connectivity index (χ4n) is 8.50. The second-order valence-corrected chi connectivity index (χ2v) is 12.8. The maximum Gasteiger partial charge on any atom is 0.289 e. The van der Waals surface area contributed by atoms with Gasteiger partial charge in [-0.2, -0.15) is 0 Å². The van der Waals surface area contributed by atoms with Crippen molar-refractivity contribution in [1.82, 2.24) is 31.3 Å². The summed E-state index contributed by atoms with van der Waals surface area (Å²) in [4.78, 5) is 8.55. The lowest BCUT2D eigenvalue weighted by molar-refractivity contribution is 0.169. The third-order valence-electron chi connectivity index (χ3n) is 10.6. The molecule has 4 N–H and O–H groups in total. The Hall–Kier alpha value is -3.54. The molecule has 8 heteroatoms. The predicted molar refractivity (Wildman–Crippen MR) is 163 cm³/mol. The highest BCUT2D eigenvalue weighted by Gasteiger charge is 2.44. The first kappa shape index (κ1) is 25.2. The van der Waals surface area contributed by atoms with E-state index in [9.17, 15) is 5.26 Å². The predicted octanol–water partition coefficient (Wildman–Crippen LogP) is 5.81. The van der Waals surface area contributed by atoms with Crippen molar-refractivity contribution in [1.29, 1.82) is 5.26 Å². The number of hydrogen-bond donors (Lipinski definition) is 4. The van der Waals surface area contributed by atoms with E-state index in [1.54, 1.807) is 11.1 Å². The molecule has 3 aromatic rings. The Kier molecular flexibility index (Phi) is 6.19. The highest BCUT2D eigenvalue weighted by molar-refractivity contribution is 6.69. The first-order chi connectivity index (χ1) is 20.2. The second kappa shape index (κ2) is 10.1. The van der Waals surface area contributed by atoms with E-state index in [0.29, 0.717) is 11.5 Å².